The van der Waals surface area contributed by atoms with Gasteiger partial charge in [0.05, 0.1) is 0 Å². The smallest absolute Gasteiger partial charge is 0.410 e. The van der Waals surface area contributed by atoms with Gasteiger partial charge in [0.2, 0.25) is 0 Å². The molecule has 0 aromatic carbocycles. The van der Waals surface area contributed by atoms with Gasteiger partial charge in [-0.15, -0.1) is 0 Å². The summed E-state index contributed by atoms with van der Waals surface area (Å²) < 4.78 is 6.32. The van der Waals surface area contributed by atoms with Crippen LogP contribution in [0.25, 0.3) is 0 Å². The summed E-state index contributed by atoms with van der Waals surface area (Å²) in [6.45, 7) is 6.26. The van der Waals surface area contributed by atoms with Crippen molar-refractivity contribution >= 4 is 8.24 Å². The normalized spacial score (nSPS) is 11.9. The maximum atomic E-state index is 10.9. The number of rotatable bonds is 1. The molecule has 3 nitrogen and oxygen atoms in total. The van der Waals surface area contributed by atoms with E-state index in [1.54, 1.807) is 10.4 Å². The Bertz CT molecular complexity index is 268. The Hall–Kier alpha value is -0.773. The summed E-state index contributed by atoms with van der Waals surface area (Å²) in [4.78, 5) is 10.9. The van der Waals surface area contributed by atoms with Gasteiger partial charge in [0.25, 0.3) is 0 Å². The number of aromatic nitrogens is 1. The molecule has 0 saturated carbocycles. The first-order valence-corrected chi connectivity index (χ1v) is 6.63. The van der Waals surface area contributed by atoms with Crippen molar-refractivity contribution in [3.63, 3.8) is 0 Å². The lowest BCUT2D eigenvalue weighted by molar-refractivity contribution is 0.508. The SMILES string of the molecule is C[Si](C)(C)n1ccoc1=O. The van der Waals surface area contributed by atoms with Gasteiger partial charge in [-0.2, -0.15) is 0 Å². The molecule has 0 saturated heterocycles. The van der Waals surface area contributed by atoms with Crippen molar-refractivity contribution in [2.24, 2.45) is 0 Å². The van der Waals surface area contributed by atoms with Gasteiger partial charge in [-0.3, -0.25) is 0 Å². The molecule has 0 aliphatic heterocycles. The lowest BCUT2D eigenvalue weighted by atomic mass is 11.0. The molecule has 0 bridgehead atoms. The van der Waals surface area contributed by atoms with Crippen molar-refractivity contribution in [2.45, 2.75) is 19.6 Å². The highest BCUT2D eigenvalue weighted by atomic mass is 28.3. The third kappa shape index (κ3) is 1.21. The second-order valence-corrected chi connectivity index (χ2v) is 8.03. The lowest BCUT2D eigenvalue weighted by Crippen LogP contribution is -2.38. The van der Waals surface area contributed by atoms with Crippen molar-refractivity contribution in [1.29, 1.82) is 0 Å². The van der Waals surface area contributed by atoms with Crippen molar-refractivity contribution in [2.75, 3.05) is 0 Å². The summed E-state index contributed by atoms with van der Waals surface area (Å²) in [6, 6.07) is 0. The summed E-state index contributed by atoms with van der Waals surface area (Å²) in [5.74, 6) is -0.237. The van der Waals surface area contributed by atoms with Crippen LogP contribution < -0.4 is 5.76 Å². The molecule has 0 aliphatic rings. The molecule has 10 heavy (non-hydrogen) atoms. The van der Waals surface area contributed by atoms with E-state index in [1.807, 2.05) is 0 Å². The van der Waals surface area contributed by atoms with Crippen LogP contribution in [0.15, 0.2) is 21.7 Å². The molecular weight excluding hydrogens is 146 g/mol. The van der Waals surface area contributed by atoms with Crippen LogP contribution in [0.5, 0.6) is 0 Å². The fraction of sp³-hybridized carbons (Fsp3) is 0.500. The van der Waals surface area contributed by atoms with E-state index in [2.05, 4.69) is 24.1 Å². The summed E-state index contributed by atoms with van der Waals surface area (Å²) >= 11 is 0. The Morgan fingerprint density at radius 1 is 1.50 bits per heavy atom. The van der Waals surface area contributed by atoms with Gasteiger partial charge in [0.15, 0.2) is 8.24 Å². The van der Waals surface area contributed by atoms with Crippen molar-refractivity contribution in [3.8, 4) is 0 Å². The Kier molecular flexibility index (Phi) is 1.56. The van der Waals surface area contributed by atoms with Gasteiger partial charge in [0, 0.05) is 6.20 Å². The van der Waals surface area contributed by atoms with Gasteiger partial charge >= 0.3 is 5.76 Å². The molecule has 0 atom stereocenters. The third-order valence-electron chi connectivity index (χ3n) is 1.30. The van der Waals surface area contributed by atoms with Crippen LogP contribution in [-0.2, 0) is 0 Å². The minimum absolute atomic E-state index is 0.237. The molecule has 56 valence electrons. The summed E-state index contributed by atoms with van der Waals surface area (Å²) in [6.07, 6.45) is 3.13. The van der Waals surface area contributed by atoms with E-state index in [0.29, 0.717) is 0 Å². The molecule has 0 amide bonds. The Balaban J connectivity index is 3.18. The zero-order chi connectivity index (χ0) is 7.78. The second kappa shape index (κ2) is 2.12. The quantitative estimate of drug-likeness (QED) is 0.573. The van der Waals surface area contributed by atoms with Crippen LogP contribution in [0, 0.1) is 0 Å². The van der Waals surface area contributed by atoms with Crippen molar-refractivity contribution < 1.29 is 4.42 Å². The van der Waals surface area contributed by atoms with E-state index in [-0.39, 0.29) is 5.76 Å². The molecule has 1 aromatic rings. The molecule has 0 radical (unpaired) electrons. The molecule has 0 aliphatic carbocycles. The van der Waals surface area contributed by atoms with Crippen molar-refractivity contribution in [1.82, 2.24) is 4.23 Å². The highest BCUT2D eigenvalue weighted by Crippen LogP contribution is 2.01. The standard InChI is InChI=1S/C6H11NO2Si/c1-10(2,3)7-4-5-9-6(7)8/h4-5H,1-3H3. The zero-order valence-corrected chi connectivity index (χ0v) is 7.42. The largest absolute Gasteiger partial charge is 0.417 e. The number of oxazole rings is 1. The first kappa shape index (κ1) is 7.34. The Morgan fingerprint density at radius 2 is 2.10 bits per heavy atom. The molecule has 0 fully saturated rings. The van der Waals surface area contributed by atoms with Gasteiger partial charge in [-0.1, -0.05) is 19.6 Å². The molecule has 1 rings (SSSR count). The fourth-order valence-corrected chi connectivity index (χ4v) is 1.87. The topological polar surface area (TPSA) is 35.1 Å². The molecule has 4 heteroatoms. The van der Waals surface area contributed by atoms with E-state index in [1.165, 1.54) is 6.26 Å². The molecule has 0 N–H and O–H groups in total. The van der Waals surface area contributed by atoms with E-state index < -0.39 is 8.24 Å². The minimum atomic E-state index is -1.52. The number of hydrogen-bond donors (Lipinski definition) is 0. The third-order valence-corrected chi connectivity index (χ3v) is 3.08. The van der Waals surface area contributed by atoms with E-state index in [4.69, 9.17) is 0 Å². The van der Waals surface area contributed by atoms with Crippen molar-refractivity contribution in [3.05, 3.63) is 23.0 Å². The molecule has 1 heterocycles. The van der Waals surface area contributed by atoms with Crippen LogP contribution in [0.4, 0.5) is 0 Å². The highest BCUT2D eigenvalue weighted by Gasteiger charge is 2.18. The summed E-state index contributed by atoms with van der Waals surface area (Å²) in [7, 11) is -1.52. The molecule has 1 aromatic heterocycles. The summed E-state index contributed by atoms with van der Waals surface area (Å²) in [5, 5.41) is 0. The molecule has 0 unspecified atom stereocenters. The predicted molar refractivity (Wildman–Crippen MR) is 41.7 cm³/mol. The monoisotopic (exact) mass is 157 g/mol. The lowest BCUT2D eigenvalue weighted by Gasteiger charge is -2.14. The maximum absolute atomic E-state index is 10.9. The van der Waals surface area contributed by atoms with Gasteiger partial charge in [0.1, 0.15) is 6.26 Å². The minimum Gasteiger partial charge on any atom is -0.417 e. The van der Waals surface area contributed by atoms with Crippen LogP contribution in [-0.4, -0.2) is 12.5 Å². The first-order valence-electron chi connectivity index (χ1n) is 3.18. The van der Waals surface area contributed by atoms with E-state index >= 15 is 0 Å². The van der Waals surface area contributed by atoms with E-state index in [9.17, 15) is 4.79 Å². The Morgan fingerprint density at radius 3 is 2.30 bits per heavy atom. The first-order chi connectivity index (χ1) is 4.52. The van der Waals surface area contributed by atoms with Gasteiger partial charge < -0.3 is 8.65 Å². The summed E-state index contributed by atoms with van der Waals surface area (Å²) in [5.41, 5.74) is 0. The number of hydrogen-bond acceptors (Lipinski definition) is 2. The van der Waals surface area contributed by atoms with Crippen LogP contribution in [0.3, 0.4) is 0 Å². The van der Waals surface area contributed by atoms with E-state index in [0.717, 1.165) is 0 Å². The zero-order valence-electron chi connectivity index (χ0n) is 6.42. The predicted octanol–water partition coefficient (Wildman–Crippen LogP) is 1.12. The Labute approximate surface area is 60.4 Å². The highest BCUT2D eigenvalue weighted by molar-refractivity contribution is 6.74. The number of nitrogens with zero attached hydrogens (tertiary/aromatic N) is 1. The maximum Gasteiger partial charge on any atom is 0.410 e. The van der Waals surface area contributed by atoms with Crippen LogP contribution in [0.1, 0.15) is 0 Å². The van der Waals surface area contributed by atoms with Gasteiger partial charge in [-0.05, 0) is 0 Å². The fourth-order valence-electron chi connectivity index (χ4n) is 0.765. The molecule has 0 spiro atoms. The van der Waals surface area contributed by atoms with Gasteiger partial charge in [-0.25, -0.2) is 4.79 Å². The average Bonchev–Trinajstić information content (AvgIpc) is 2.11. The van der Waals surface area contributed by atoms with Crippen LogP contribution in [0.2, 0.25) is 19.6 Å². The van der Waals surface area contributed by atoms with Crippen LogP contribution >= 0.6 is 0 Å². The second-order valence-electron chi connectivity index (χ2n) is 3.21. The molecular formula is C6H11NO2Si. The average molecular weight is 157 g/mol.